The van der Waals surface area contributed by atoms with Crippen LogP contribution >= 0.6 is 0 Å². The highest BCUT2D eigenvalue weighted by Crippen LogP contribution is 2.39. The molecule has 176 valence electrons. The largest absolute Gasteiger partial charge is 0.496 e. The third kappa shape index (κ3) is 4.85. The van der Waals surface area contributed by atoms with E-state index in [0.717, 1.165) is 61.9 Å². The molecule has 0 atom stereocenters. The van der Waals surface area contributed by atoms with Gasteiger partial charge in [-0.3, -0.25) is 0 Å². The summed E-state index contributed by atoms with van der Waals surface area (Å²) in [5.41, 5.74) is 6.95. The van der Waals surface area contributed by atoms with Crippen LogP contribution in [0.5, 0.6) is 17.2 Å². The van der Waals surface area contributed by atoms with Gasteiger partial charge in [-0.1, -0.05) is 60.7 Å². The van der Waals surface area contributed by atoms with Gasteiger partial charge in [-0.15, -0.1) is 0 Å². The molecule has 4 aromatic carbocycles. The van der Waals surface area contributed by atoms with Gasteiger partial charge in [-0.05, 0) is 43.2 Å². The van der Waals surface area contributed by atoms with Crippen LogP contribution in [0, 0.1) is 13.8 Å². The zero-order valence-corrected chi connectivity index (χ0v) is 20.2. The van der Waals surface area contributed by atoms with Crippen LogP contribution in [0.3, 0.4) is 0 Å². The maximum atomic E-state index is 6.28. The number of imidazole rings is 1. The van der Waals surface area contributed by atoms with E-state index in [9.17, 15) is 0 Å². The maximum Gasteiger partial charge on any atom is 0.139 e. The van der Waals surface area contributed by atoms with Crippen molar-refractivity contribution in [2.45, 2.75) is 27.1 Å². The van der Waals surface area contributed by atoms with Gasteiger partial charge in [0.2, 0.25) is 0 Å². The lowest BCUT2D eigenvalue weighted by atomic mass is 10.0. The maximum absolute atomic E-state index is 6.28. The molecule has 5 heteroatoms. The van der Waals surface area contributed by atoms with Gasteiger partial charge in [0.25, 0.3) is 0 Å². The molecule has 0 saturated carbocycles. The highest BCUT2D eigenvalue weighted by Gasteiger charge is 2.18. The Labute approximate surface area is 205 Å². The molecule has 5 aromatic rings. The fourth-order valence-corrected chi connectivity index (χ4v) is 4.21. The van der Waals surface area contributed by atoms with Gasteiger partial charge in [0.15, 0.2) is 0 Å². The van der Waals surface area contributed by atoms with Crippen LogP contribution in [0.4, 0.5) is 0 Å². The molecule has 0 aliphatic heterocycles. The molecule has 0 fully saturated rings. The SMILES string of the molecule is COc1cc(-c2nc3cc(OCc4ccccc4)ccc3[nH]2)c(C)c(OCc2ccccc2)c1C. The first-order valence-electron chi connectivity index (χ1n) is 11.6. The Bertz CT molecular complexity index is 1440. The van der Waals surface area contributed by atoms with E-state index in [-0.39, 0.29) is 0 Å². The zero-order chi connectivity index (χ0) is 24.2. The molecule has 0 spiro atoms. The van der Waals surface area contributed by atoms with E-state index in [4.69, 9.17) is 19.2 Å². The third-order valence-electron chi connectivity index (χ3n) is 6.13. The van der Waals surface area contributed by atoms with Gasteiger partial charge in [-0.2, -0.15) is 0 Å². The first-order chi connectivity index (χ1) is 17.1. The molecular formula is C30H28N2O3. The molecular weight excluding hydrogens is 436 g/mol. The van der Waals surface area contributed by atoms with Crippen molar-refractivity contribution in [3.05, 3.63) is 107 Å². The van der Waals surface area contributed by atoms with Crippen molar-refractivity contribution in [1.82, 2.24) is 9.97 Å². The van der Waals surface area contributed by atoms with Crippen molar-refractivity contribution in [2.24, 2.45) is 0 Å². The molecule has 1 N–H and O–H groups in total. The van der Waals surface area contributed by atoms with Crippen LogP contribution in [0.2, 0.25) is 0 Å². The van der Waals surface area contributed by atoms with E-state index in [1.54, 1.807) is 7.11 Å². The molecule has 5 nitrogen and oxygen atoms in total. The summed E-state index contributed by atoms with van der Waals surface area (Å²) >= 11 is 0. The summed E-state index contributed by atoms with van der Waals surface area (Å²) in [6.07, 6.45) is 0. The lowest BCUT2D eigenvalue weighted by Gasteiger charge is -2.17. The normalized spacial score (nSPS) is 10.9. The molecule has 35 heavy (non-hydrogen) atoms. The van der Waals surface area contributed by atoms with Crippen LogP contribution in [-0.4, -0.2) is 17.1 Å². The minimum atomic E-state index is 0.484. The number of methoxy groups -OCH3 is 1. The molecule has 0 unspecified atom stereocenters. The van der Waals surface area contributed by atoms with Crippen LogP contribution in [0.15, 0.2) is 84.9 Å². The summed E-state index contributed by atoms with van der Waals surface area (Å²) in [4.78, 5) is 8.32. The number of benzene rings is 4. The van der Waals surface area contributed by atoms with Crippen LogP contribution in [-0.2, 0) is 13.2 Å². The number of nitrogens with zero attached hydrogens (tertiary/aromatic N) is 1. The fraction of sp³-hybridized carbons (Fsp3) is 0.167. The molecule has 0 bridgehead atoms. The smallest absolute Gasteiger partial charge is 0.139 e. The number of ether oxygens (including phenoxy) is 3. The van der Waals surface area contributed by atoms with Crippen molar-refractivity contribution in [3.63, 3.8) is 0 Å². The third-order valence-corrected chi connectivity index (χ3v) is 6.13. The Kier molecular flexibility index (Phi) is 6.40. The fourth-order valence-electron chi connectivity index (χ4n) is 4.21. The van der Waals surface area contributed by atoms with Crippen molar-refractivity contribution in [2.75, 3.05) is 7.11 Å². The summed E-state index contributed by atoms with van der Waals surface area (Å²) in [6, 6.07) is 28.2. The van der Waals surface area contributed by atoms with E-state index in [2.05, 4.69) is 36.2 Å². The van der Waals surface area contributed by atoms with Crippen molar-refractivity contribution in [1.29, 1.82) is 0 Å². The van der Waals surface area contributed by atoms with Crippen LogP contribution < -0.4 is 14.2 Å². The molecule has 0 aliphatic rings. The first kappa shape index (κ1) is 22.5. The minimum absolute atomic E-state index is 0.484. The van der Waals surface area contributed by atoms with Gasteiger partial charge in [0.05, 0.1) is 18.1 Å². The lowest BCUT2D eigenvalue weighted by molar-refractivity contribution is 0.299. The summed E-state index contributed by atoms with van der Waals surface area (Å²) < 4.78 is 18.0. The second kappa shape index (κ2) is 9.94. The number of nitrogens with one attached hydrogen (secondary N) is 1. The molecule has 0 saturated heterocycles. The number of H-pyrrole nitrogens is 1. The van der Waals surface area contributed by atoms with Gasteiger partial charge in [0.1, 0.15) is 36.3 Å². The van der Waals surface area contributed by atoms with Crippen molar-refractivity contribution < 1.29 is 14.2 Å². The van der Waals surface area contributed by atoms with Crippen molar-refractivity contribution in [3.8, 4) is 28.6 Å². The molecule has 1 aromatic heterocycles. The monoisotopic (exact) mass is 464 g/mol. The number of fused-ring (bicyclic) bond motifs is 1. The predicted molar refractivity (Wildman–Crippen MR) is 139 cm³/mol. The molecule has 0 radical (unpaired) electrons. The Morgan fingerprint density at radius 2 is 1.40 bits per heavy atom. The molecule has 0 amide bonds. The average molecular weight is 465 g/mol. The van der Waals surface area contributed by atoms with Gasteiger partial charge in [0, 0.05) is 22.8 Å². The summed E-state index contributed by atoms with van der Waals surface area (Å²) in [6.45, 7) is 5.08. The van der Waals surface area contributed by atoms with Crippen LogP contribution in [0.1, 0.15) is 22.3 Å². The van der Waals surface area contributed by atoms with Gasteiger partial charge >= 0.3 is 0 Å². The summed E-state index contributed by atoms with van der Waals surface area (Å²) in [5, 5.41) is 0. The first-order valence-corrected chi connectivity index (χ1v) is 11.6. The number of aromatic nitrogens is 2. The van der Waals surface area contributed by atoms with Gasteiger partial charge in [-0.25, -0.2) is 4.98 Å². The van der Waals surface area contributed by atoms with E-state index in [1.165, 1.54) is 0 Å². The number of rotatable bonds is 8. The van der Waals surface area contributed by atoms with Crippen LogP contribution in [0.25, 0.3) is 22.4 Å². The number of hydrogen-bond acceptors (Lipinski definition) is 4. The predicted octanol–water partition coefficient (Wildman–Crippen LogP) is 7.01. The minimum Gasteiger partial charge on any atom is -0.496 e. The second-order valence-corrected chi connectivity index (χ2v) is 8.52. The summed E-state index contributed by atoms with van der Waals surface area (Å²) in [7, 11) is 1.68. The Morgan fingerprint density at radius 3 is 2.06 bits per heavy atom. The summed E-state index contributed by atoms with van der Waals surface area (Å²) in [5.74, 6) is 3.13. The Hall–Kier alpha value is -4.25. The number of aromatic amines is 1. The second-order valence-electron chi connectivity index (χ2n) is 8.52. The molecule has 0 aliphatic carbocycles. The zero-order valence-electron chi connectivity index (χ0n) is 20.2. The average Bonchev–Trinajstić information content (AvgIpc) is 3.32. The van der Waals surface area contributed by atoms with E-state index >= 15 is 0 Å². The Balaban J connectivity index is 1.45. The van der Waals surface area contributed by atoms with E-state index < -0.39 is 0 Å². The quantitative estimate of drug-likeness (QED) is 0.268. The highest BCUT2D eigenvalue weighted by molar-refractivity contribution is 5.82. The molecule has 5 rings (SSSR count). The molecule has 1 heterocycles. The van der Waals surface area contributed by atoms with E-state index in [1.807, 2.05) is 67.6 Å². The topological polar surface area (TPSA) is 56.4 Å². The van der Waals surface area contributed by atoms with Gasteiger partial charge < -0.3 is 19.2 Å². The highest BCUT2D eigenvalue weighted by atomic mass is 16.5. The Morgan fingerprint density at radius 1 is 0.743 bits per heavy atom. The van der Waals surface area contributed by atoms with E-state index in [0.29, 0.717) is 13.2 Å². The van der Waals surface area contributed by atoms with Crippen molar-refractivity contribution >= 4 is 11.0 Å². The number of hydrogen-bond donors (Lipinski definition) is 1. The lowest BCUT2D eigenvalue weighted by Crippen LogP contribution is -2.02. The standard InChI is InChI=1S/C30H28N2O3/c1-20-25(17-28(33-3)21(2)29(20)35-19-23-12-8-5-9-13-23)30-31-26-15-14-24(16-27(26)32-30)34-18-22-10-6-4-7-11-22/h4-17H,18-19H2,1-3H3,(H,31,32).